The lowest BCUT2D eigenvalue weighted by Crippen LogP contribution is -2.47. The highest BCUT2D eigenvalue weighted by Crippen LogP contribution is 2.24. The summed E-state index contributed by atoms with van der Waals surface area (Å²) in [4.78, 5) is 34.4. The standard InChI is InChI=1S/C24H21N3O3S/c28-22(15-18-7-4-14-31-18)27-12-10-26(11-13-27)16-21-24(29)30-23(25-21)20-9-3-6-17-5-1-2-8-19(17)20/h1-9,14,16H,10-13,15H2/b21-16+. The third kappa shape index (κ3) is 4.09. The van der Waals surface area contributed by atoms with Crippen LogP contribution in [0.5, 0.6) is 0 Å². The minimum atomic E-state index is -0.445. The second-order valence-corrected chi connectivity index (χ2v) is 8.55. The zero-order valence-corrected chi connectivity index (χ0v) is 17.7. The van der Waals surface area contributed by atoms with Crippen molar-refractivity contribution in [2.45, 2.75) is 6.42 Å². The van der Waals surface area contributed by atoms with Gasteiger partial charge in [-0.05, 0) is 28.3 Å². The van der Waals surface area contributed by atoms with Gasteiger partial charge in [0, 0.05) is 42.8 Å². The van der Waals surface area contributed by atoms with E-state index in [4.69, 9.17) is 4.74 Å². The number of aliphatic imine (C=N–C) groups is 1. The van der Waals surface area contributed by atoms with Crippen LogP contribution in [0.2, 0.25) is 0 Å². The van der Waals surface area contributed by atoms with E-state index in [1.165, 1.54) is 0 Å². The lowest BCUT2D eigenvalue weighted by Gasteiger charge is -2.34. The fraction of sp³-hybridized carbons (Fsp3) is 0.208. The number of thiophene rings is 1. The van der Waals surface area contributed by atoms with Crippen molar-refractivity contribution in [2.75, 3.05) is 26.2 Å². The number of ether oxygens (including phenoxy) is 1. The molecule has 156 valence electrons. The first-order valence-electron chi connectivity index (χ1n) is 10.2. The van der Waals surface area contributed by atoms with Crippen LogP contribution in [0.1, 0.15) is 10.4 Å². The van der Waals surface area contributed by atoms with Gasteiger partial charge < -0.3 is 14.5 Å². The molecule has 1 aromatic heterocycles. The van der Waals surface area contributed by atoms with E-state index in [0.29, 0.717) is 44.2 Å². The monoisotopic (exact) mass is 431 g/mol. The summed E-state index contributed by atoms with van der Waals surface area (Å²) in [5.41, 5.74) is 1.10. The fourth-order valence-electron chi connectivity index (χ4n) is 3.87. The second kappa shape index (κ2) is 8.35. The molecule has 1 amide bonds. The highest BCUT2D eigenvalue weighted by atomic mass is 32.1. The van der Waals surface area contributed by atoms with Crippen LogP contribution >= 0.6 is 11.3 Å². The molecule has 6 nitrogen and oxygen atoms in total. The maximum atomic E-state index is 12.5. The summed E-state index contributed by atoms with van der Waals surface area (Å²) in [5, 5.41) is 4.05. The Labute approximate surface area is 184 Å². The fourth-order valence-corrected chi connectivity index (χ4v) is 4.57. The first kappa shape index (κ1) is 19.5. The number of esters is 1. The number of piperazine rings is 1. The Morgan fingerprint density at radius 1 is 1.03 bits per heavy atom. The Bertz CT molecular complexity index is 1190. The molecule has 1 fully saturated rings. The molecule has 7 heteroatoms. The minimum Gasteiger partial charge on any atom is -0.402 e. The first-order chi connectivity index (χ1) is 15.2. The van der Waals surface area contributed by atoms with E-state index in [1.54, 1.807) is 17.5 Å². The molecule has 0 saturated carbocycles. The summed E-state index contributed by atoms with van der Waals surface area (Å²) in [6.07, 6.45) is 2.20. The minimum absolute atomic E-state index is 0.145. The number of hydrogen-bond acceptors (Lipinski definition) is 6. The van der Waals surface area contributed by atoms with Crippen molar-refractivity contribution >= 4 is 39.9 Å². The van der Waals surface area contributed by atoms with E-state index in [9.17, 15) is 9.59 Å². The SMILES string of the molecule is O=C1OC(c2cccc3ccccc23)=N/C1=C/N1CCN(C(=O)Cc2cccs2)CC1. The van der Waals surface area contributed by atoms with Gasteiger partial charge in [-0.1, -0.05) is 42.5 Å². The van der Waals surface area contributed by atoms with Gasteiger partial charge in [-0.25, -0.2) is 9.79 Å². The molecule has 0 aliphatic carbocycles. The number of nitrogens with zero attached hydrogens (tertiary/aromatic N) is 3. The van der Waals surface area contributed by atoms with E-state index < -0.39 is 5.97 Å². The molecule has 3 aromatic rings. The van der Waals surface area contributed by atoms with E-state index in [-0.39, 0.29) is 5.91 Å². The molecular weight excluding hydrogens is 410 g/mol. The van der Waals surface area contributed by atoms with Crippen molar-refractivity contribution in [1.82, 2.24) is 9.80 Å². The smallest absolute Gasteiger partial charge is 0.365 e. The molecule has 0 unspecified atom stereocenters. The van der Waals surface area contributed by atoms with Gasteiger partial charge in [-0.15, -0.1) is 11.3 Å². The Balaban J connectivity index is 1.27. The van der Waals surface area contributed by atoms with Crippen LogP contribution in [0.15, 0.2) is 76.9 Å². The number of cyclic esters (lactones) is 1. The summed E-state index contributed by atoms with van der Waals surface area (Å²) in [5.74, 6) is 0.0308. The molecule has 0 atom stereocenters. The van der Waals surface area contributed by atoms with Crippen LogP contribution in [0.25, 0.3) is 10.8 Å². The molecule has 2 aliphatic rings. The van der Waals surface area contributed by atoms with Crippen LogP contribution in [0, 0.1) is 0 Å². The van der Waals surface area contributed by atoms with E-state index in [0.717, 1.165) is 21.2 Å². The van der Waals surface area contributed by atoms with Crippen LogP contribution in [-0.4, -0.2) is 53.8 Å². The summed E-state index contributed by atoms with van der Waals surface area (Å²) in [6.45, 7) is 2.57. The lowest BCUT2D eigenvalue weighted by molar-refractivity contribution is -0.132. The second-order valence-electron chi connectivity index (χ2n) is 7.52. The number of amides is 1. The normalized spacial score (nSPS) is 17.9. The van der Waals surface area contributed by atoms with Crippen LogP contribution in [-0.2, 0) is 20.7 Å². The van der Waals surface area contributed by atoms with Gasteiger partial charge in [-0.3, -0.25) is 4.79 Å². The van der Waals surface area contributed by atoms with Gasteiger partial charge in [0.2, 0.25) is 11.8 Å². The summed E-state index contributed by atoms with van der Waals surface area (Å²) >= 11 is 1.60. The van der Waals surface area contributed by atoms with Gasteiger partial charge in [0.15, 0.2) is 5.70 Å². The molecule has 1 saturated heterocycles. The lowest BCUT2D eigenvalue weighted by atomic mass is 10.0. The zero-order chi connectivity index (χ0) is 21.2. The Morgan fingerprint density at radius 2 is 1.84 bits per heavy atom. The molecule has 3 heterocycles. The number of hydrogen-bond donors (Lipinski definition) is 0. The topological polar surface area (TPSA) is 62.2 Å². The zero-order valence-electron chi connectivity index (χ0n) is 16.9. The number of rotatable bonds is 4. The van der Waals surface area contributed by atoms with Crippen molar-refractivity contribution in [1.29, 1.82) is 0 Å². The number of carbonyl (C=O) groups is 2. The number of benzene rings is 2. The van der Waals surface area contributed by atoms with Crippen LogP contribution in [0.4, 0.5) is 0 Å². The maximum absolute atomic E-state index is 12.5. The number of carbonyl (C=O) groups excluding carboxylic acids is 2. The van der Waals surface area contributed by atoms with Gasteiger partial charge in [0.1, 0.15) is 0 Å². The molecule has 5 rings (SSSR count). The number of fused-ring (bicyclic) bond motifs is 1. The van der Waals surface area contributed by atoms with Crippen molar-refractivity contribution in [3.05, 3.63) is 82.3 Å². The summed E-state index contributed by atoms with van der Waals surface area (Å²) in [6, 6.07) is 17.8. The van der Waals surface area contributed by atoms with E-state index in [1.807, 2.05) is 69.8 Å². The maximum Gasteiger partial charge on any atom is 0.365 e. The van der Waals surface area contributed by atoms with Crippen LogP contribution < -0.4 is 0 Å². The molecule has 2 aliphatic heterocycles. The molecule has 0 bridgehead atoms. The Kier molecular flexibility index (Phi) is 5.26. The molecule has 0 N–H and O–H groups in total. The van der Waals surface area contributed by atoms with Crippen LogP contribution in [0.3, 0.4) is 0 Å². The average molecular weight is 432 g/mol. The summed E-state index contributed by atoms with van der Waals surface area (Å²) < 4.78 is 5.48. The highest BCUT2D eigenvalue weighted by molar-refractivity contribution is 7.10. The molecule has 2 aromatic carbocycles. The van der Waals surface area contributed by atoms with Gasteiger partial charge in [0.05, 0.1) is 6.42 Å². The Hall–Kier alpha value is -3.45. The van der Waals surface area contributed by atoms with Gasteiger partial charge in [-0.2, -0.15) is 0 Å². The molecular formula is C24H21N3O3S. The summed E-state index contributed by atoms with van der Waals surface area (Å²) in [7, 11) is 0. The first-order valence-corrected chi connectivity index (χ1v) is 11.1. The predicted molar refractivity (Wildman–Crippen MR) is 121 cm³/mol. The predicted octanol–water partition coefficient (Wildman–Crippen LogP) is 3.43. The van der Waals surface area contributed by atoms with Crippen molar-refractivity contribution < 1.29 is 14.3 Å². The third-order valence-corrected chi connectivity index (χ3v) is 6.39. The molecule has 0 spiro atoms. The quantitative estimate of drug-likeness (QED) is 0.469. The van der Waals surface area contributed by atoms with Gasteiger partial charge in [0.25, 0.3) is 0 Å². The average Bonchev–Trinajstić information content (AvgIpc) is 3.43. The van der Waals surface area contributed by atoms with E-state index in [2.05, 4.69) is 4.99 Å². The third-order valence-electron chi connectivity index (χ3n) is 5.52. The molecule has 31 heavy (non-hydrogen) atoms. The Morgan fingerprint density at radius 3 is 2.65 bits per heavy atom. The van der Waals surface area contributed by atoms with Crippen molar-refractivity contribution in [3.63, 3.8) is 0 Å². The van der Waals surface area contributed by atoms with E-state index >= 15 is 0 Å². The largest absolute Gasteiger partial charge is 0.402 e. The highest BCUT2D eigenvalue weighted by Gasteiger charge is 2.27. The molecule has 0 radical (unpaired) electrons. The van der Waals surface area contributed by atoms with Crippen molar-refractivity contribution in [2.24, 2.45) is 4.99 Å². The van der Waals surface area contributed by atoms with Crippen molar-refractivity contribution in [3.8, 4) is 0 Å². The van der Waals surface area contributed by atoms with Gasteiger partial charge >= 0.3 is 5.97 Å².